The number of sulfonamides is 1. The summed E-state index contributed by atoms with van der Waals surface area (Å²) < 4.78 is 22.2. The lowest BCUT2D eigenvalue weighted by molar-refractivity contribution is 0.595. The Morgan fingerprint density at radius 3 is 2.81 bits per heavy atom. The summed E-state index contributed by atoms with van der Waals surface area (Å²) in [4.78, 5) is 4.17. The lowest BCUT2D eigenvalue weighted by atomic mass is 10.3. The molecule has 0 fully saturated rings. The van der Waals surface area contributed by atoms with Crippen molar-refractivity contribution in [3.05, 3.63) is 22.3 Å². The number of aromatic nitrogens is 1. The summed E-state index contributed by atoms with van der Waals surface area (Å²) in [5.41, 5.74) is 1.06. The number of nitrogens with two attached hydrogens (primary N) is 1. The molecule has 0 saturated heterocycles. The maximum Gasteiger partial charge on any atom is 0.209 e. The minimum Gasteiger partial charge on any atom is -0.369 e. The second-order valence-corrected chi connectivity index (χ2v) is 6.08. The SMILES string of the molecule is Cc1cnc(NCCCS(N)(=O)=O)c(Br)c1. The Kier molecular flexibility index (Phi) is 4.69. The van der Waals surface area contributed by atoms with Crippen LogP contribution in [0, 0.1) is 6.92 Å². The molecule has 0 saturated carbocycles. The van der Waals surface area contributed by atoms with Crippen LogP contribution in [-0.4, -0.2) is 25.7 Å². The summed E-state index contributed by atoms with van der Waals surface area (Å²) in [6.07, 6.45) is 2.20. The maximum absolute atomic E-state index is 10.7. The second-order valence-electron chi connectivity index (χ2n) is 3.49. The first kappa shape index (κ1) is 13.4. The predicted octanol–water partition coefficient (Wildman–Crippen LogP) is 1.24. The highest BCUT2D eigenvalue weighted by molar-refractivity contribution is 9.10. The van der Waals surface area contributed by atoms with Crippen LogP contribution >= 0.6 is 15.9 Å². The van der Waals surface area contributed by atoms with Gasteiger partial charge < -0.3 is 5.32 Å². The number of anilines is 1. The summed E-state index contributed by atoms with van der Waals surface area (Å²) in [6.45, 7) is 2.47. The molecule has 5 nitrogen and oxygen atoms in total. The number of nitrogens with one attached hydrogen (secondary N) is 1. The summed E-state index contributed by atoms with van der Waals surface area (Å²) in [7, 11) is -3.37. The Hall–Kier alpha value is -0.660. The topological polar surface area (TPSA) is 85.1 Å². The van der Waals surface area contributed by atoms with Gasteiger partial charge in [0.2, 0.25) is 10.0 Å². The minimum absolute atomic E-state index is 0.0243. The number of aryl methyl sites for hydroxylation is 1. The van der Waals surface area contributed by atoms with Crippen molar-refractivity contribution >= 4 is 31.8 Å². The number of halogens is 1. The Morgan fingerprint density at radius 2 is 2.25 bits per heavy atom. The fraction of sp³-hybridized carbons (Fsp3) is 0.444. The summed E-state index contributed by atoms with van der Waals surface area (Å²) in [5, 5.41) is 7.92. The molecule has 0 aliphatic rings. The zero-order chi connectivity index (χ0) is 12.2. The van der Waals surface area contributed by atoms with Crippen LogP contribution in [0.3, 0.4) is 0 Å². The monoisotopic (exact) mass is 307 g/mol. The molecule has 0 aromatic carbocycles. The highest BCUT2D eigenvalue weighted by Gasteiger charge is 2.03. The highest BCUT2D eigenvalue weighted by Crippen LogP contribution is 2.20. The molecule has 1 heterocycles. The van der Waals surface area contributed by atoms with Gasteiger partial charge in [-0.15, -0.1) is 0 Å². The molecular weight excluding hydrogens is 294 g/mol. The molecule has 1 rings (SSSR count). The minimum atomic E-state index is -3.37. The van der Waals surface area contributed by atoms with Gasteiger partial charge in [-0.3, -0.25) is 0 Å². The van der Waals surface area contributed by atoms with E-state index in [1.165, 1.54) is 0 Å². The molecule has 0 bridgehead atoms. The molecule has 16 heavy (non-hydrogen) atoms. The lowest BCUT2D eigenvalue weighted by Crippen LogP contribution is -2.18. The van der Waals surface area contributed by atoms with Crippen molar-refractivity contribution in [2.45, 2.75) is 13.3 Å². The van der Waals surface area contributed by atoms with Crippen LogP contribution in [0.15, 0.2) is 16.7 Å². The molecule has 0 amide bonds. The van der Waals surface area contributed by atoms with E-state index in [-0.39, 0.29) is 5.75 Å². The second kappa shape index (κ2) is 5.60. The van der Waals surface area contributed by atoms with Gasteiger partial charge in [0.05, 0.1) is 10.2 Å². The summed E-state index contributed by atoms with van der Waals surface area (Å²) >= 11 is 3.37. The van der Waals surface area contributed by atoms with Crippen molar-refractivity contribution in [3.63, 3.8) is 0 Å². The van der Waals surface area contributed by atoms with Crippen LogP contribution in [0.2, 0.25) is 0 Å². The Bertz CT molecular complexity index is 462. The highest BCUT2D eigenvalue weighted by atomic mass is 79.9. The number of hydrogen-bond acceptors (Lipinski definition) is 4. The number of hydrogen-bond donors (Lipinski definition) is 2. The largest absolute Gasteiger partial charge is 0.369 e. The van der Waals surface area contributed by atoms with Gasteiger partial charge in [-0.25, -0.2) is 18.5 Å². The predicted molar refractivity (Wildman–Crippen MR) is 67.8 cm³/mol. The van der Waals surface area contributed by atoms with Gasteiger partial charge in [-0.2, -0.15) is 0 Å². The number of nitrogens with zero attached hydrogens (tertiary/aromatic N) is 1. The molecule has 1 aromatic rings. The fourth-order valence-corrected chi connectivity index (χ4v) is 2.29. The van der Waals surface area contributed by atoms with E-state index >= 15 is 0 Å². The average molecular weight is 308 g/mol. The molecule has 0 aliphatic heterocycles. The number of rotatable bonds is 5. The number of pyridine rings is 1. The van der Waals surface area contributed by atoms with Crippen LogP contribution < -0.4 is 10.5 Å². The van der Waals surface area contributed by atoms with E-state index in [0.717, 1.165) is 10.0 Å². The fourth-order valence-electron chi connectivity index (χ4n) is 1.14. The first-order valence-electron chi connectivity index (χ1n) is 4.75. The third kappa shape index (κ3) is 4.91. The van der Waals surface area contributed by atoms with Gasteiger partial charge in [0.15, 0.2) is 0 Å². The Balaban J connectivity index is 2.43. The van der Waals surface area contributed by atoms with Crippen LogP contribution in [-0.2, 0) is 10.0 Å². The van der Waals surface area contributed by atoms with E-state index in [1.807, 2.05) is 13.0 Å². The summed E-state index contributed by atoms with van der Waals surface area (Å²) in [5.74, 6) is 0.684. The van der Waals surface area contributed by atoms with Crippen molar-refractivity contribution in [2.24, 2.45) is 5.14 Å². The van der Waals surface area contributed by atoms with Crippen LogP contribution in [0.5, 0.6) is 0 Å². The molecule has 3 N–H and O–H groups in total. The number of primary sulfonamides is 1. The van der Waals surface area contributed by atoms with E-state index < -0.39 is 10.0 Å². The van der Waals surface area contributed by atoms with Crippen molar-refractivity contribution in [1.29, 1.82) is 0 Å². The van der Waals surface area contributed by atoms with Crippen LogP contribution in [0.4, 0.5) is 5.82 Å². The van der Waals surface area contributed by atoms with Crippen molar-refractivity contribution in [1.82, 2.24) is 4.98 Å². The first-order chi connectivity index (χ1) is 7.38. The third-order valence-electron chi connectivity index (χ3n) is 1.88. The molecule has 0 unspecified atom stereocenters. The molecule has 0 aliphatic carbocycles. The molecule has 7 heteroatoms. The van der Waals surface area contributed by atoms with E-state index in [0.29, 0.717) is 18.8 Å². The standard InChI is InChI=1S/C9H14BrN3O2S/c1-7-5-8(10)9(13-6-7)12-3-2-4-16(11,14)15/h5-6H,2-4H2,1H3,(H,12,13)(H2,11,14,15). The maximum atomic E-state index is 10.7. The van der Waals surface area contributed by atoms with Gasteiger partial charge >= 0.3 is 0 Å². The van der Waals surface area contributed by atoms with Gasteiger partial charge in [0.25, 0.3) is 0 Å². The molecule has 90 valence electrons. The van der Waals surface area contributed by atoms with Gasteiger partial charge in [0, 0.05) is 12.7 Å². The molecule has 0 atom stereocenters. The first-order valence-corrected chi connectivity index (χ1v) is 7.26. The van der Waals surface area contributed by atoms with E-state index in [9.17, 15) is 8.42 Å². The average Bonchev–Trinajstić information content (AvgIpc) is 2.13. The molecule has 0 spiro atoms. The van der Waals surface area contributed by atoms with Gasteiger partial charge in [-0.1, -0.05) is 0 Å². The third-order valence-corrected chi connectivity index (χ3v) is 3.34. The molecular formula is C9H14BrN3O2S. The normalized spacial score (nSPS) is 11.4. The zero-order valence-electron chi connectivity index (χ0n) is 8.90. The van der Waals surface area contributed by atoms with E-state index in [4.69, 9.17) is 5.14 Å². The Labute approximate surface area is 104 Å². The molecule has 0 radical (unpaired) electrons. The Morgan fingerprint density at radius 1 is 1.56 bits per heavy atom. The van der Waals surface area contributed by atoms with E-state index in [1.54, 1.807) is 6.20 Å². The van der Waals surface area contributed by atoms with Crippen molar-refractivity contribution in [2.75, 3.05) is 17.6 Å². The quantitative estimate of drug-likeness (QED) is 0.802. The summed E-state index contributed by atoms with van der Waals surface area (Å²) in [6, 6.07) is 1.94. The van der Waals surface area contributed by atoms with Gasteiger partial charge in [0.1, 0.15) is 5.82 Å². The molecule has 1 aromatic heterocycles. The smallest absolute Gasteiger partial charge is 0.209 e. The van der Waals surface area contributed by atoms with Gasteiger partial charge in [-0.05, 0) is 40.9 Å². The zero-order valence-corrected chi connectivity index (χ0v) is 11.3. The van der Waals surface area contributed by atoms with Crippen molar-refractivity contribution in [3.8, 4) is 0 Å². The van der Waals surface area contributed by atoms with Crippen LogP contribution in [0.25, 0.3) is 0 Å². The van der Waals surface area contributed by atoms with E-state index in [2.05, 4.69) is 26.2 Å². The van der Waals surface area contributed by atoms with Crippen molar-refractivity contribution < 1.29 is 8.42 Å². The van der Waals surface area contributed by atoms with Crippen LogP contribution in [0.1, 0.15) is 12.0 Å². The lowest BCUT2D eigenvalue weighted by Gasteiger charge is -2.07.